The van der Waals surface area contributed by atoms with Crippen LogP contribution in [0.1, 0.15) is 43.1 Å². The van der Waals surface area contributed by atoms with Crippen LogP contribution in [0.4, 0.5) is 5.69 Å². The maximum Gasteiger partial charge on any atom is 0.354 e. The van der Waals surface area contributed by atoms with Crippen molar-refractivity contribution in [2.45, 2.75) is 32.6 Å². The van der Waals surface area contributed by atoms with E-state index in [1.54, 1.807) is 6.07 Å². The van der Waals surface area contributed by atoms with Crippen LogP contribution in [0, 0.1) is 11.8 Å². The maximum atomic E-state index is 12.1. The zero-order chi connectivity index (χ0) is 13.8. The Bertz CT molecular complexity index is 479. The van der Waals surface area contributed by atoms with Gasteiger partial charge >= 0.3 is 5.97 Å². The molecular weight excluding hydrogens is 244 g/mol. The van der Waals surface area contributed by atoms with Gasteiger partial charge in [0.05, 0.1) is 0 Å². The Morgan fingerprint density at radius 1 is 1.32 bits per heavy atom. The number of rotatable bonds is 3. The van der Waals surface area contributed by atoms with E-state index in [1.165, 1.54) is 12.3 Å². The number of carboxylic acids is 1. The fourth-order valence-corrected chi connectivity index (χ4v) is 2.39. The van der Waals surface area contributed by atoms with Gasteiger partial charge in [-0.15, -0.1) is 0 Å². The molecule has 1 heterocycles. The molecule has 1 aliphatic rings. The Kier molecular flexibility index (Phi) is 4.14. The second-order valence-electron chi connectivity index (χ2n) is 5.18. The number of nitrogens with one attached hydrogen (secondary N) is 1. The van der Waals surface area contributed by atoms with E-state index >= 15 is 0 Å². The number of aromatic nitrogens is 1. The smallest absolute Gasteiger partial charge is 0.354 e. The van der Waals surface area contributed by atoms with E-state index in [2.05, 4.69) is 17.2 Å². The second-order valence-corrected chi connectivity index (χ2v) is 5.18. The second kappa shape index (κ2) is 5.82. The summed E-state index contributed by atoms with van der Waals surface area (Å²) in [4.78, 5) is 26.6. The number of carboxylic acid groups (broad SMARTS) is 1. The minimum Gasteiger partial charge on any atom is -0.477 e. The van der Waals surface area contributed by atoms with Crippen LogP contribution in [0.3, 0.4) is 0 Å². The molecule has 2 rings (SSSR count). The van der Waals surface area contributed by atoms with Crippen molar-refractivity contribution < 1.29 is 14.7 Å². The minimum absolute atomic E-state index is 0.0190. The first-order valence-corrected chi connectivity index (χ1v) is 6.56. The molecule has 1 amide bonds. The minimum atomic E-state index is -1.09. The van der Waals surface area contributed by atoms with E-state index in [4.69, 9.17) is 5.11 Å². The first kappa shape index (κ1) is 13.5. The predicted molar refractivity (Wildman–Crippen MR) is 70.9 cm³/mol. The highest BCUT2D eigenvalue weighted by Gasteiger charge is 2.24. The Balaban J connectivity index is 1.98. The van der Waals surface area contributed by atoms with Gasteiger partial charge in [-0.1, -0.05) is 6.92 Å². The van der Waals surface area contributed by atoms with Crippen LogP contribution < -0.4 is 5.32 Å². The quantitative estimate of drug-likeness (QED) is 0.877. The largest absolute Gasteiger partial charge is 0.477 e. The van der Waals surface area contributed by atoms with Gasteiger partial charge in [0.1, 0.15) is 5.69 Å². The van der Waals surface area contributed by atoms with E-state index < -0.39 is 5.97 Å². The van der Waals surface area contributed by atoms with Crippen molar-refractivity contribution in [2.24, 2.45) is 11.8 Å². The summed E-state index contributed by atoms with van der Waals surface area (Å²) in [5, 5.41) is 11.6. The number of hydrogen-bond donors (Lipinski definition) is 2. The fourth-order valence-electron chi connectivity index (χ4n) is 2.39. The summed E-state index contributed by atoms with van der Waals surface area (Å²) in [7, 11) is 0. The summed E-state index contributed by atoms with van der Waals surface area (Å²) in [5.41, 5.74) is 0.436. The lowest BCUT2D eigenvalue weighted by molar-refractivity contribution is -0.121. The third kappa shape index (κ3) is 3.53. The summed E-state index contributed by atoms with van der Waals surface area (Å²) < 4.78 is 0. The predicted octanol–water partition coefficient (Wildman–Crippen LogP) is 2.54. The van der Waals surface area contributed by atoms with Crippen LogP contribution in [0.25, 0.3) is 0 Å². The molecule has 0 aromatic carbocycles. The lowest BCUT2D eigenvalue weighted by atomic mass is 9.82. The molecule has 0 bridgehead atoms. The first-order chi connectivity index (χ1) is 9.06. The number of carbonyl (C=O) groups excluding carboxylic acids is 1. The molecule has 1 aromatic heterocycles. The number of anilines is 1. The molecule has 1 aliphatic carbocycles. The highest BCUT2D eigenvalue weighted by atomic mass is 16.4. The lowest BCUT2D eigenvalue weighted by Crippen LogP contribution is -2.26. The van der Waals surface area contributed by atoms with Gasteiger partial charge in [0.2, 0.25) is 5.91 Å². The standard InChI is InChI=1S/C14H18N2O3/c1-9-2-4-10(5-3-9)13(17)16-11-6-7-15-12(8-11)14(18)19/h6-10H,2-5H2,1H3,(H,18,19)(H,15,16,17). The molecule has 1 fully saturated rings. The van der Waals surface area contributed by atoms with Crippen LogP contribution in [0.15, 0.2) is 18.3 Å². The molecular formula is C14H18N2O3. The number of amides is 1. The molecule has 0 aliphatic heterocycles. The average molecular weight is 262 g/mol. The summed E-state index contributed by atoms with van der Waals surface area (Å²) in [6.45, 7) is 2.20. The summed E-state index contributed by atoms with van der Waals surface area (Å²) in [5.74, 6) is -0.377. The lowest BCUT2D eigenvalue weighted by Gasteiger charge is -2.25. The molecule has 0 saturated heterocycles. The van der Waals surface area contributed by atoms with Gasteiger partial charge in [-0.05, 0) is 43.7 Å². The van der Waals surface area contributed by atoms with Gasteiger partial charge in [-0.2, -0.15) is 0 Å². The van der Waals surface area contributed by atoms with Crippen LogP contribution in [-0.4, -0.2) is 22.0 Å². The Morgan fingerprint density at radius 3 is 2.63 bits per heavy atom. The third-order valence-corrected chi connectivity index (χ3v) is 3.63. The van der Waals surface area contributed by atoms with Gasteiger partial charge in [0.25, 0.3) is 0 Å². The van der Waals surface area contributed by atoms with E-state index in [0.29, 0.717) is 11.6 Å². The summed E-state index contributed by atoms with van der Waals surface area (Å²) in [6, 6.07) is 2.99. The average Bonchev–Trinajstić information content (AvgIpc) is 2.39. The topological polar surface area (TPSA) is 79.3 Å². The van der Waals surface area contributed by atoms with Crippen molar-refractivity contribution in [1.82, 2.24) is 4.98 Å². The zero-order valence-corrected chi connectivity index (χ0v) is 10.9. The normalized spacial score (nSPS) is 22.8. The Morgan fingerprint density at radius 2 is 2.00 bits per heavy atom. The first-order valence-electron chi connectivity index (χ1n) is 6.56. The van der Waals surface area contributed by atoms with E-state index in [0.717, 1.165) is 25.7 Å². The van der Waals surface area contributed by atoms with Gasteiger partial charge in [0.15, 0.2) is 0 Å². The van der Waals surface area contributed by atoms with Crippen LogP contribution in [-0.2, 0) is 4.79 Å². The molecule has 19 heavy (non-hydrogen) atoms. The van der Waals surface area contributed by atoms with E-state index in [-0.39, 0.29) is 17.5 Å². The van der Waals surface area contributed by atoms with Crippen molar-refractivity contribution in [2.75, 3.05) is 5.32 Å². The van der Waals surface area contributed by atoms with E-state index in [9.17, 15) is 9.59 Å². The maximum absolute atomic E-state index is 12.1. The van der Waals surface area contributed by atoms with Gasteiger partial charge < -0.3 is 10.4 Å². The van der Waals surface area contributed by atoms with Gasteiger partial charge in [-0.3, -0.25) is 4.79 Å². The van der Waals surface area contributed by atoms with Gasteiger partial charge in [-0.25, -0.2) is 9.78 Å². The number of carbonyl (C=O) groups is 2. The monoisotopic (exact) mass is 262 g/mol. The summed E-state index contributed by atoms with van der Waals surface area (Å²) >= 11 is 0. The van der Waals surface area contributed by atoms with Crippen LogP contribution in [0.5, 0.6) is 0 Å². The molecule has 5 heteroatoms. The molecule has 1 aromatic rings. The van der Waals surface area contributed by atoms with Crippen molar-refractivity contribution in [3.63, 3.8) is 0 Å². The molecule has 5 nitrogen and oxygen atoms in total. The van der Waals surface area contributed by atoms with Crippen molar-refractivity contribution >= 4 is 17.6 Å². The molecule has 0 atom stereocenters. The molecule has 0 spiro atoms. The number of nitrogens with zero attached hydrogens (tertiary/aromatic N) is 1. The third-order valence-electron chi connectivity index (χ3n) is 3.63. The molecule has 0 unspecified atom stereocenters. The Labute approximate surface area is 112 Å². The SMILES string of the molecule is CC1CCC(C(=O)Nc2ccnc(C(=O)O)c2)CC1. The zero-order valence-electron chi connectivity index (χ0n) is 10.9. The summed E-state index contributed by atoms with van der Waals surface area (Å²) in [6.07, 6.45) is 5.36. The van der Waals surface area contributed by atoms with Crippen LogP contribution >= 0.6 is 0 Å². The number of pyridine rings is 1. The Hall–Kier alpha value is -1.91. The van der Waals surface area contributed by atoms with Gasteiger partial charge in [0, 0.05) is 17.8 Å². The van der Waals surface area contributed by atoms with Crippen molar-refractivity contribution in [1.29, 1.82) is 0 Å². The highest BCUT2D eigenvalue weighted by molar-refractivity contribution is 5.94. The molecule has 2 N–H and O–H groups in total. The molecule has 1 saturated carbocycles. The van der Waals surface area contributed by atoms with E-state index in [1.807, 2.05) is 0 Å². The van der Waals surface area contributed by atoms with Crippen LogP contribution in [0.2, 0.25) is 0 Å². The van der Waals surface area contributed by atoms with Crippen molar-refractivity contribution in [3.8, 4) is 0 Å². The highest BCUT2D eigenvalue weighted by Crippen LogP contribution is 2.29. The number of aromatic carboxylic acids is 1. The fraction of sp³-hybridized carbons (Fsp3) is 0.500. The molecule has 102 valence electrons. The van der Waals surface area contributed by atoms with Crippen molar-refractivity contribution in [3.05, 3.63) is 24.0 Å². The molecule has 0 radical (unpaired) electrons. The number of hydrogen-bond acceptors (Lipinski definition) is 3.